The van der Waals surface area contributed by atoms with Gasteiger partial charge in [-0.15, -0.1) is 11.8 Å². The van der Waals surface area contributed by atoms with Crippen LogP contribution in [0, 0.1) is 0 Å². The van der Waals surface area contributed by atoms with Gasteiger partial charge in [-0.05, 0) is 42.8 Å². The highest BCUT2D eigenvalue weighted by Crippen LogP contribution is 2.32. The number of carbonyl (C=O) groups is 2. The van der Waals surface area contributed by atoms with Crippen LogP contribution in [0.1, 0.15) is 28.9 Å². The third-order valence-corrected chi connectivity index (χ3v) is 6.41. The Morgan fingerprint density at radius 3 is 2.70 bits per heavy atom. The highest BCUT2D eigenvalue weighted by atomic mass is 32.2. The van der Waals surface area contributed by atoms with E-state index >= 15 is 0 Å². The molecule has 1 atom stereocenters. The number of carbonyl (C=O) groups excluding carboxylic acids is 2. The number of hydrogen-bond acceptors (Lipinski definition) is 5. The molecular weight excluding hydrogens is 386 g/mol. The highest BCUT2D eigenvalue weighted by Gasteiger charge is 2.22. The van der Waals surface area contributed by atoms with E-state index in [1.165, 1.54) is 28.8 Å². The zero-order valence-corrected chi connectivity index (χ0v) is 16.4. The molecule has 0 fully saturated rings. The number of fused-ring (bicyclic) bond motifs is 1. The molecule has 142 valence electrons. The zero-order chi connectivity index (χ0) is 19.8. The minimum Gasteiger partial charge on any atom is -0.335 e. The van der Waals surface area contributed by atoms with Crippen molar-refractivity contribution in [3.05, 3.63) is 53.6 Å². The number of thioether (sulfide) groups is 1. The van der Waals surface area contributed by atoms with Gasteiger partial charge in [0.25, 0.3) is 5.91 Å². The fraction of sp³-hybridized carbons (Fsp3) is 0.222. The van der Waals surface area contributed by atoms with Crippen LogP contribution in [0.3, 0.4) is 0 Å². The van der Waals surface area contributed by atoms with E-state index in [-0.39, 0.29) is 22.8 Å². The van der Waals surface area contributed by atoms with Crippen molar-refractivity contribution in [3.63, 3.8) is 0 Å². The largest absolute Gasteiger partial charge is 0.335 e. The molecule has 0 saturated heterocycles. The van der Waals surface area contributed by atoms with Crippen molar-refractivity contribution in [3.8, 4) is 0 Å². The van der Waals surface area contributed by atoms with Crippen LogP contribution in [0.2, 0.25) is 0 Å². The molecule has 2 aromatic carbocycles. The lowest BCUT2D eigenvalue weighted by Gasteiger charge is -2.26. The van der Waals surface area contributed by atoms with Crippen molar-refractivity contribution in [2.75, 3.05) is 18.1 Å². The first-order valence-corrected chi connectivity index (χ1v) is 10.7. The minimum absolute atomic E-state index is 0.00113. The van der Waals surface area contributed by atoms with Crippen LogP contribution in [0.15, 0.2) is 52.3 Å². The second-order valence-corrected chi connectivity index (χ2v) is 8.84. The Kier molecular flexibility index (Phi) is 5.27. The fourth-order valence-corrected chi connectivity index (χ4v) is 4.13. The summed E-state index contributed by atoms with van der Waals surface area (Å²) < 4.78 is 23.1. The first kappa shape index (κ1) is 19.4. The van der Waals surface area contributed by atoms with E-state index in [1.807, 2.05) is 6.07 Å². The van der Waals surface area contributed by atoms with Gasteiger partial charge in [-0.3, -0.25) is 9.59 Å². The van der Waals surface area contributed by atoms with Gasteiger partial charge in [-0.1, -0.05) is 12.1 Å². The number of anilines is 1. The Balaban J connectivity index is 1.85. The molecule has 3 rings (SSSR count). The molecule has 2 aromatic rings. The lowest BCUT2D eigenvalue weighted by atomic mass is 10.1. The third-order valence-electron chi connectivity index (χ3n) is 4.43. The Hall–Kier alpha value is -2.36. The summed E-state index contributed by atoms with van der Waals surface area (Å²) in [6.45, 7) is 1.80. The number of rotatable bonds is 4. The third kappa shape index (κ3) is 4.15. The summed E-state index contributed by atoms with van der Waals surface area (Å²) >= 11 is 1.43. The van der Waals surface area contributed by atoms with Crippen LogP contribution in [0.4, 0.5) is 5.69 Å². The molecule has 2 amide bonds. The predicted molar refractivity (Wildman–Crippen MR) is 104 cm³/mol. The van der Waals surface area contributed by atoms with Gasteiger partial charge in [0.1, 0.15) is 0 Å². The van der Waals surface area contributed by atoms with Crippen molar-refractivity contribution in [2.24, 2.45) is 5.14 Å². The molecule has 1 aliphatic heterocycles. The van der Waals surface area contributed by atoms with Crippen molar-refractivity contribution < 1.29 is 18.0 Å². The van der Waals surface area contributed by atoms with Gasteiger partial charge in [0.2, 0.25) is 15.9 Å². The number of hydrogen-bond donors (Lipinski definition) is 2. The highest BCUT2D eigenvalue weighted by molar-refractivity contribution is 8.00. The number of nitrogens with two attached hydrogens (primary N) is 1. The average Bonchev–Trinajstić information content (AvgIpc) is 2.65. The quantitative estimate of drug-likeness (QED) is 0.810. The van der Waals surface area contributed by atoms with Gasteiger partial charge in [0.15, 0.2) is 0 Å². The van der Waals surface area contributed by atoms with E-state index in [4.69, 9.17) is 5.14 Å². The monoisotopic (exact) mass is 405 g/mol. The summed E-state index contributed by atoms with van der Waals surface area (Å²) in [6.07, 6.45) is 0. The zero-order valence-electron chi connectivity index (χ0n) is 14.8. The van der Waals surface area contributed by atoms with E-state index < -0.39 is 10.0 Å². The second kappa shape index (κ2) is 7.34. The predicted octanol–water partition coefficient (Wildman–Crippen LogP) is 2.21. The number of benzene rings is 2. The van der Waals surface area contributed by atoms with Crippen LogP contribution in [-0.4, -0.2) is 37.9 Å². The topological polar surface area (TPSA) is 110 Å². The standard InChI is InChI=1S/C18H19N3O4S2/c1-11(12-4-3-5-14(8-12)27(19,24)25)21(2)18(23)13-6-7-16-15(9-13)20-17(22)10-26-16/h3-9,11H,10H2,1-2H3,(H,20,22)(H2,19,24,25). The van der Waals surface area contributed by atoms with Gasteiger partial charge in [-0.25, -0.2) is 13.6 Å². The second-order valence-electron chi connectivity index (χ2n) is 6.26. The molecule has 0 aromatic heterocycles. The first-order chi connectivity index (χ1) is 12.7. The van der Waals surface area contributed by atoms with Crippen molar-refractivity contribution >= 4 is 39.3 Å². The summed E-state index contributed by atoms with van der Waals surface area (Å²) in [6, 6.07) is 11.0. The fourth-order valence-electron chi connectivity index (χ4n) is 2.77. The maximum absolute atomic E-state index is 12.9. The summed E-state index contributed by atoms with van der Waals surface area (Å²) in [7, 11) is -2.18. The minimum atomic E-state index is -3.82. The smallest absolute Gasteiger partial charge is 0.254 e. The summed E-state index contributed by atoms with van der Waals surface area (Å²) in [5, 5.41) is 7.95. The average molecular weight is 406 g/mol. The van der Waals surface area contributed by atoms with E-state index in [2.05, 4.69) is 5.32 Å². The van der Waals surface area contributed by atoms with Crippen LogP contribution in [0.5, 0.6) is 0 Å². The number of primary sulfonamides is 1. The maximum atomic E-state index is 12.9. The molecule has 1 heterocycles. The van der Waals surface area contributed by atoms with Crippen LogP contribution in [-0.2, 0) is 14.8 Å². The Bertz CT molecular complexity index is 1020. The van der Waals surface area contributed by atoms with Crippen molar-refractivity contribution in [2.45, 2.75) is 22.8 Å². The van der Waals surface area contributed by atoms with Crippen LogP contribution in [0.25, 0.3) is 0 Å². The molecule has 0 bridgehead atoms. The molecular formula is C18H19N3O4S2. The molecule has 27 heavy (non-hydrogen) atoms. The molecule has 7 nitrogen and oxygen atoms in total. The number of nitrogens with one attached hydrogen (secondary N) is 1. The molecule has 3 N–H and O–H groups in total. The molecule has 1 aliphatic rings. The van der Waals surface area contributed by atoms with E-state index in [0.29, 0.717) is 22.6 Å². The summed E-state index contributed by atoms with van der Waals surface area (Å²) in [5.41, 5.74) is 1.71. The van der Waals surface area contributed by atoms with Crippen molar-refractivity contribution in [1.82, 2.24) is 4.90 Å². The summed E-state index contributed by atoms with van der Waals surface area (Å²) in [4.78, 5) is 26.9. The molecule has 0 aliphatic carbocycles. The molecule has 0 saturated carbocycles. The first-order valence-electron chi connectivity index (χ1n) is 8.13. The Morgan fingerprint density at radius 2 is 2.00 bits per heavy atom. The lowest BCUT2D eigenvalue weighted by Crippen LogP contribution is -2.30. The van der Waals surface area contributed by atoms with E-state index in [0.717, 1.165) is 4.90 Å². The van der Waals surface area contributed by atoms with E-state index in [9.17, 15) is 18.0 Å². The Morgan fingerprint density at radius 1 is 1.26 bits per heavy atom. The number of sulfonamides is 1. The van der Waals surface area contributed by atoms with Gasteiger partial charge in [0.05, 0.1) is 22.4 Å². The lowest BCUT2D eigenvalue weighted by molar-refractivity contribution is -0.113. The van der Waals surface area contributed by atoms with Crippen molar-refractivity contribution in [1.29, 1.82) is 0 Å². The molecule has 1 unspecified atom stereocenters. The van der Waals surface area contributed by atoms with Gasteiger partial charge < -0.3 is 10.2 Å². The van der Waals surface area contributed by atoms with Crippen LogP contribution < -0.4 is 10.5 Å². The normalized spacial score (nSPS) is 14.9. The number of amides is 2. The van der Waals surface area contributed by atoms with Gasteiger partial charge >= 0.3 is 0 Å². The maximum Gasteiger partial charge on any atom is 0.254 e. The summed E-state index contributed by atoms with van der Waals surface area (Å²) in [5.74, 6) is 0.0206. The molecule has 0 spiro atoms. The number of nitrogens with zero attached hydrogens (tertiary/aromatic N) is 1. The van der Waals surface area contributed by atoms with Gasteiger partial charge in [-0.2, -0.15) is 0 Å². The molecule has 9 heteroatoms. The van der Waals surface area contributed by atoms with Crippen LogP contribution >= 0.6 is 11.8 Å². The van der Waals surface area contributed by atoms with E-state index in [1.54, 1.807) is 38.2 Å². The SMILES string of the molecule is CC(c1cccc(S(N)(=O)=O)c1)N(C)C(=O)c1ccc2c(c1)NC(=O)CS2. The molecule has 0 radical (unpaired) electrons. The van der Waals surface area contributed by atoms with Gasteiger partial charge in [0, 0.05) is 17.5 Å². The Labute approximate surface area is 162 Å².